The molecule has 0 radical (unpaired) electrons. The minimum absolute atomic E-state index is 0.218. The Bertz CT molecular complexity index is 318. The second-order valence-corrected chi connectivity index (χ2v) is 5.14. The Kier molecular flexibility index (Phi) is 2.83. The van der Waals surface area contributed by atoms with E-state index in [9.17, 15) is 0 Å². The molecule has 1 N–H and O–H groups in total. The molecule has 1 heteroatoms. The maximum Gasteiger partial charge on any atom is 0.0406 e. The Morgan fingerprint density at radius 3 is 2.33 bits per heavy atom. The third-order valence-corrected chi connectivity index (χ3v) is 3.58. The molecule has 0 saturated carbocycles. The van der Waals surface area contributed by atoms with E-state index in [-0.39, 0.29) is 5.54 Å². The van der Waals surface area contributed by atoms with E-state index in [4.69, 9.17) is 0 Å². The van der Waals surface area contributed by atoms with Crippen molar-refractivity contribution in [1.82, 2.24) is 5.32 Å². The second-order valence-electron chi connectivity index (χ2n) is 5.14. The summed E-state index contributed by atoms with van der Waals surface area (Å²) in [4.78, 5) is 0. The van der Waals surface area contributed by atoms with Gasteiger partial charge in [0.2, 0.25) is 0 Å². The number of nitrogens with one attached hydrogen (secondary N) is 1. The van der Waals surface area contributed by atoms with Gasteiger partial charge in [0.1, 0.15) is 0 Å². The van der Waals surface area contributed by atoms with Crippen molar-refractivity contribution in [3.63, 3.8) is 0 Å². The summed E-state index contributed by atoms with van der Waals surface area (Å²) in [6, 6.07) is 9.11. The highest BCUT2D eigenvalue weighted by molar-refractivity contribution is 5.30. The van der Waals surface area contributed by atoms with Crippen molar-refractivity contribution >= 4 is 0 Å². The molecule has 2 rings (SSSR count). The fourth-order valence-electron chi connectivity index (χ4n) is 2.38. The van der Waals surface area contributed by atoms with Gasteiger partial charge in [0.05, 0.1) is 0 Å². The predicted molar refractivity (Wildman–Crippen MR) is 65.1 cm³/mol. The maximum atomic E-state index is 3.60. The first kappa shape index (κ1) is 10.7. The summed E-state index contributed by atoms with van der Waals surface area (Å²) in [6.45, 7) is 7.95. The number of benzene rings is 1. The Morgan fingerprint density at radius 2 is 1.87 bits per heavy atom. The highest BCUT2D eigenvalue weighted by atomic mass is 15.0. The van der Waals surface area contributed by atoms with E-state index in [0.29, 0.717) is 5.92 Å². The predicted octanol–water partition coefficient (Wildman–Crippen LogP) is 3.41. The van der Waals surface area contributed by atoms with Crippen LogP contribution in [-0.4, -0.2) is 6.54 Å². The van der Waals surface area contributed by atoms with E-state index in [1.807, 2.05) is 0 Å². The average Bonchev–Trinajstić information content (AvgIpc) is 2.67. The highest BCUT2D eigenvalue weighted by Crippen LogP contribution is 2.30. The molecule has 1 fully saturated rings. The molecule has 1 aliphatic heterocycles. The van der Waals surface area contributed by atoms with Crippen LogP contribution in [0.3, 0.4) is 0 Å². The normalized spacial score (nSPS) is 26.1. The molecule has 1 aromatic rings. The van der Waals surface area contributed by atoms with Gasteiger partial charge in [-0.25, -0.2) is 0 Å². The van der Waals surface area contributed by atoms with Crippen molar-refractivity contribution in [2.24, 2.45) is 0 Å². The molecule has 1 heterocycles. The summed E-state index contributed by atoms with van der Waals surface area (Å²) in [6.07, 6.45) is 2.55. The zero-order chi connectivity index (χ0) is 10.9. The van der Waals surface area contributed by atoms with Crippen LogP contribution >= 0.6 is 0 Å². The van der Waals surface area contributed by atoms with E-state index in [1.165, 1.54) is 24.0 Å². The lowest BCUT2D eigenvalue weighted by molar-refractivity contribution is 0.434. The van der Waals surface area contributed by atoms with Crippen LogP contribution < -0.4 is 5.32 Å². The van der Waals surface area contributed by atoms with Crippen LogP contribution in [0.25, 0.3) is 0 Å². The van der Waals surface area contributed by atoms with Gasteiger partial charge >= 0.3 is 0 Å². The van der Waals surface area contributed by atoms with Gasteiger partial charge in [0, 0.05) is 5.54 Å². The molecule has 1 atom stereocenters. The number of hydrogen-bond donors (Lipinski definition) is 1. The van der Waals surface area contributed by atoms with Crippen LogP contribution in [0.1, 0.15) is 50.7 Å². The molecule has 1 aliphatic rings. The zero-order valence-corrected chi connectivity index (χ0v) is 10.0. The Morgan fingerprint density at radius 1 is 1.20 bits per heavy atom. The van der Waals surface area contributed by atoms with Gasteiger partial charge < -0.3 is 5.32 Å². The Labute approximate surface area is 92.9 Å². The van der Waals surface area contributed by atoms with Crippen LogP contribution in [0, 0.1) is 0 Å². The molecule has 82 valence electrons. The van der Waals surface area contributed by atoms with Gasteiger partial charge in [-0.15, -0.1) is 0 Å². The van der Waals surface area contributed by atoms with Crippen molar-refractivity contribution < 1.29 is 0 Å². The van der Waals surface area contributed by atoms with Gasteiger partial charge in [-0.3, -0.25) is 0 Å². The first-order valence-electron chi connectivity index (χ1n) is 5.97. The molecule has 15 heavy (non-hydrogen) atoms. The van der Waals surface area contributed by atoms with Crippen LogP contribution in [0.5, 0.6) is 0 Å². The first-order chi connectivity index (χ1) is 7.12. The summed E-state index contributed by atoms with van der Waals surface area (Å²) in [5, 5.41) is 3.60. The quantitative estimate of drug-likeness (QED) is 0.776. The highest BCUT2D eigenvalue weighted by Gasteiger charge is 2.29. The van der Waals surface area contributed by atoms with Gasteiger partial charge in [0.25, 0.3) is 0 Å². The molecule has 0 bridgehead atoms. The van der Waals surface area contributed by atoms with Crippen molar-refractivity contribution in [3.8, 4) is 0 Å². The lowest BCUT2D eigenvalue weighted by Gasteiger charge is -2.25. The topological polar surface area (TPSA) is 12.0 Å². The van der Waals surface area contributed by atoms with Crippen molar-refractivity contribution in [2.75, 3.05) is 6.54 Å². The molecule has 1 aromatic carbocycles. The third-order valence-electron chi connectivity index (χ3n) is 3.58. The van der Waals surface area contributed by atoms with E-state index < -0.39 is 0 Å². The summed E-state index contributed by atoms with van der Waals surface area (Å²) in [5.41, 5.74) is 3.08. The lowest BCUT2D eigenvalue weighted by atomic mass is 9.89. The fraction of sp³-hybridized carbons (Fsp3) is 0.571. The van der Waals surface area contributed by atoms with Crippen LogP contribution in [0.2, 0.25) is 0 Å². The molecule has 1 unspecified atom stereocenters. The molecule has 0 aliphatic carbocycles. The van der Waals surface area contributed by atoms with E-state index in [1.54, 1.807) is 0 Å². The second kappa shape index (κ2) is 3.97. The molecule has 0 aromatic heterocycles. The largest absolute Gasteiger partial charge is 0.308 e. The van der Waals surface area contributed by atoms with Gasteiger partial charge in [0.15, 0.2) is 0 Å². The van der Waals surface area contributed by atoms with Crippen molar-refractivity contribution in [1.29, 1.82) is 0 Å². The fourth-order valence-corrected chi connectivity index (χ4v) is 2.38. The zero-order valence-electron chi connectivity index (χ0n) is 10.0. The molecular weight excluding hydrogens is 182 g/mol. The summed E-state index contributed by atoms with van der Waals surface area (Å²) < 4.78 is 0. The monoisotopic (exact) mass is 203 g/mol. The van der Waals surface area contributed by atoms with Gasteiger partial charge in [-0.05, 0) is 43.4 Å². The molecule has 0 amide bonds. The van der Waals surface area contributed by atoms with E-state index in [0.717, 1.165) is 6.54 Å². The standard InChI is InChI=1S/C14H21N/c1-11(2)12-5-7-13(8-6-12)14(3)9-4-10-15-14/h5-8,11,15H,4,9-10H2,1-3H3. The van der Waals surface area contributed by atoms with Gasteiger partial charge in [-0.2, -0.15) is 0 Å². The minimum Gasteiger partial charge on any atom is -0.308 e. The SMILES string of the molecule is CC(C)c1ccc(C2(C)CCCN2)cc1. The van der Waals surface area contributed by atoms with Crippen molar-refractivity contribution in [2.45, 2.75) is 45.1 Å². The smallest absolute Gasteiger partial charge is 0.0406 e. The van der Waals surface area contributed by atoms with E-state index in [2.05, 4.69) is 50.4 Å². The summed E-state index contributed by atoms with van der Waals surface area (Å²) in [5.74, 6) is 0.628. The Balaban J connectivity index is 2.23. The number of hydrogen-bond acceptors (Lipinski definition) is 1. The van der Waals surface area contributed by atoms with Crippen LogP contribution in [-0.2, 0) is 5.54 Å². The van der Waals surface area contributed by atoms with Crippen LogP contribution in [0.15, 0.2) is 24.3 Å². The number of rotatable bonds is 2. The van der Waals surface area contributed by atoms with Crippen molar-refractivity contribution in [3.05, 3.63) is 35.4 Å². The molecule has 0 spiro atoms. The van der Waals surface area contributed by atoms with Gasteiger partial charge in [-0.1, -0.05) is 38.1 Å². The molecular formula is C14H21N. The summed E-state index contributed by atoms with van der Waals surface area (Å²) >= 11 is 0. The average molecular weight is 203 g/mol. The molecule has 1 saturated heterocycles. The van der Waals surface area contributed by atoms with Crippen LogP contribution in [0.4, 0.5) is 0 Å². The van der Waals surface area contributed by atoms with E-state index >= 15 is 0 Å². The lowest BCUT2D eigenvalue weighted by Crippen LogP contribution is -2.32. The first-order valence-corrected chi connectivity index (χ1v) is 5.97. The maximum absolute atomic E-state index is 3.60. The summed E-state index contributed by atoms with van der Waals surface area (Å²) in [7, 11) is 0. The molecule has 1 nitrogen and oxygen atoms in total. The third kappa shape index (κ3) is 2.07. The minimum atomic E-state index is 0.218. The Hall–Kier alpha value is -0.820.